The summed E-state index contributed by atoms with van der Waals surface area (Å²) >= 11 is 1.74. The summed E-state index contributed by atoms with van der Waals surface area (Å²) in [6.07, 6.45) is 4.72. The Kier molecular flexibility index (Phi) is 4.35. The molecule has 2 N–H and O–H groups in total. The monoisotopic (exact) mass is 423 g/mol. The van der Waals surface area contributed by atoms with Crippen LogP contribution in [0.3, 0.4) is 0 Å². The maximum atomic E-state index is 13.6. The summed E-state index contributed by atoms with van der Waals surface area (Å²) in [7, 11) is 0. The fraction of sp³-hybridized carbons (Fsp3) is 0.154. The number of carbonyl (C=O) groups excluding carboxylic acids is 1. The molecule has 0 radical (unpaired) electrons. The van der Waals surface area contributed by atoms with Crippen LogP contribution in [0.1, 0.15) is 28.7 Å². The highest BCUT2D eigenvalue weighted by Crippen LogP contribution is 2.54. The van der Waals surface area contributed by atoms with E-state index >= 15 is 0 Å². The highest BCUT2D eigenvalue weighted by atomic mass is 32.1. The molecule has 6 rings (SSSR count). The number of nitrogens with zero attached hydrogens (tertiary/aromatic N) is 1. The molecule has 1 saturated carbocycles. The molecule has 5 heteroatoms. The summed E-state index contributed by atoms with van der Waals surface area (Å²) in [5.74, 6) is 0.417. The van der Waals surface area contributed by atoms with Crippen LogP contribution in [0, 0.1) is 5.92 Å². The second-order valence-corrected chi connectivity index (χ2v) is 9.16. The van der Waals surface area contributed by atoms with Gasteiger partial charge in [-0.1, -0.05) is 30.3 Å². The molecule has 31 heavy (non-hydrogen) atoms. The summed E-state index contributed by atoms with van der Waals surface area (Å²) < 4.78 is 0. The Morgan fingerprint density at radius 3 is 2.84 bits per heavy atom. The molecule has 152 valence electrons. The van der Waals surface area contributed by atoms with Gasteiger partial charge in [0.2, 0.25) is 5.91 Å². The number of pyridine rings is 1. The van der Waals surface area contributed by atoms with Crippen molar-refractivity contribution in [3.63, 3.8) is 0 Å². The van der Waals surface area contributed by atoms with Crippen molar-refractivity contribution in [2.75, 3.05) is 5.32 Å². The van der Waals surface area contributed by atoms with Crippen LogP contribution in [0.5, 0.6) is 0 Å². The summed E-state index contributed by atoms with van der Waals surface area (Å²) in [6.45, 7) is 0. The zero-order valence-corrected chi connectivity index (χ0v) is 17.6. The molecular formula is C26H21N3OS. The molecule has 5 aromatic rings. The quantitative estimate of drug-likeness (QED) is 0.356. The molecule has 0 aliphatic heterocycles. The van der Waals surface area contributed by atoms with E-state index in [2.05, 4.69) is 57.1 Å². The first-order chi connectivity index (χ1) is 15.3. The van der Waals surface area contributed by atoms with E-state index in [0.29, 0.717) is 0 Å². The molecule has 1 amide bonds. The van der Waals surface area contributed by atoms with Crippen molar-refractivity contribution >= 4 is 44.7 Å². The number of benzene rings is 2. The minimum atomic E-state index is -0.103. The first-order valence-corrected chi connectivity index (χ1v) is 11.4. The van der Waals surface area contributed by atoms with E-state index in [-0.39, 0.29) is 23.7 Å². The number of aromatic amines is 1. The van der Waals surface area contributed by atoms with Crippen molar-refractivity contribution in [2.45, 2.75) is 18.3 Å². The maximum Gasteiger partial charge on any atom is 0.228 e. The molecule has 4 nitrogen and oxygen atoms in total. The maximum absolute atomic E-state index is 13.6. The van der Waals surface area contributed by atoms with Gasteiger partial charge in [0.25, 0.3) is 0 Å². The second-order valence-electron chi connectivity index (χ2n) is 8.18. The molecule has 0 bridgehead atoms. The minimum Gasteiger partial charge on any atom is -0.361 e. The lowest BCUT2D eigenvalue weighted by molar-refractivity contribution is -0.124. The zero-order chi connectivity index (χ0) is 20.8. The van der Waals surface area contributed by atoms with Gasteiger partial charge < -0.3 is 10.3 Å². The Hall–Kier alpha value is -3.44. The standard InChI is InChI=1S/C26H21N3OS/c30-26(29-22-6-1-4-16-5-2-11-28-25(16)22)24-19(15-20(24)23-7-3-13-31-23)17-8-9-21-18(14-17)10-12-27-21/h1-14,19-20,24,27H,15H2,(H,29,30)/t19-,20+,24+/m0/s1. The average Bonchev–Trinajstić information content (AvgIpc) is 3.45. The number of aromatic nitrogens is 2. The molecule has 2 aromatic carbocycles. The number of amides is 1. The van der Waals surface area contributed by atoms with Crippen molar-refractivity contribution in [1.29, 1.82) is 0 Å². The third-order valence-electron chi connectivity index (χ3n) is 6.48. The number of hydrogen-bond donors (Lipinski definition) is 2. The van der Waals surface area contributed by atoms with Crippen molar-refractivity contribution in [3.05, 3.63) is 94.9 Å². The number of H-pyrrole nitrogens is 1. The van der Waals surface area contributed by atoms with Gasteiger partial charge in [-0.25, -0.2) is 0 Å². The lowest BCUT2D eigenvalue weighted by Gasteiger charge is -2.43. The van der Waals surface area contributed by atoms with E-state index in [1.807, 2.05) is 36.5 Å². The third-order valence-corrected chi connectivity index (χ3v) is 7.49. The molecule has 3 aromatic heterocycles. The Labute approximate surface area is 184 Å². The Morgan fingerprint density at radius 1 is 1.00 bits per heavy atom. The Morgan fingerprint density at radius 2 is 1.94 bits per heavy atom. The third kappa shape index (κ3) is 3.13. The van der Waals surface area contributed by atoms with Gasteiger partial charge in [-0.05, 0) is 65.1 Å². The number of rotatable bonds is 4. The van der Waals surface area contributed by atoms with Crippen LogP contribution in [-0.2, 0) is 4.79 Å². The number of anilines is 1. The number of thiophene rings is 1. The van der Waals surface area contributed by atoms with E-state index < -0.39 is 0 Å². The average molecular weight is 424 g/mol. The number of para-hydroxylation sites is 1. The van der Waals surface area contributed by atoms with Gasteiger partial charge in [0.1, 0.15) is 0 Å². The van der Waals surface area contributed by atoms with Crippen LogP contribution in [0.15, 0.2) is 84.5 Å². The van der Waals surface area contributed by atoms with E-state index in [1.54, 1.807) is 17.5 Å². The normalized spacial score (nSPS) is 20.6. The largest absolute Gasteiger partial charge is 0.361 e. The minimum absolute atomic E-state index is 0.0713. The molecule has 1 aliphatic rings. The van der Waals surface area contributed by atoms with Crippen molar-refractivity contribution in [1.82, 2.24) is 9.97 Å². The number of nitrogens with one attached hydrogen (secondary N) is 2. The van der Waals surface area contributed by atoms with Crippen LogP contribution < -0.4 is 5.32 Å². The van der Waals surface area contributed by atoms with Crippen LogP contribution >= 0.6 is 11.3 Å². The molecule has 0 spiro atoms. The Balaban J connectivity index is 1.35. The SMILES string of the molecule is O=C(Nc1cccc2cccnc12)[C@H]1[C@@H](c2cccs2)C[C@H]1c1ccc2[nH]ccc2c1. The molecule has 0 saturated heterocycles. The predicted octanol–water partition coefficient (Wildman–Crippen LogP) is 6.30. The molecule has 3 heterocycles. The summed E-state index contributed by atoms with van der Waals surface area (Å²) in [5, 5.41) is 7.52. The first-order valence-electron chi connectivity index (χ1n) is 10.5. The van der Waals surface area contributed by atoms with Gasteiger partial charge >= 0.3 is 0 Å². The van der Waals surface area contributed by atoms with Crippen molar-refractivity contribution in [2.24, 2.45) is 5.92 Å². The van der Waals surface area contributed by atoms with E-state index in [9.17, 15) is 4.79 Å². The fourth-order valence-corrected chi connectivity index (χ4v) is 5.77. The first kappa shape index (κ1) is 18.3. The molecule has 1 aliphatic carbocycles. The highest BCUT2D eigenvalue weighted by molar-refractivity contribution is 7.10. The van der Waals surface area contributed by atoms with Crippen molar-refractivity contribution < 1.29 is 4.79 Å². The van der Waals surface area contributed by atoms with Gasteiger partial charge in [-0.3, -0.25) is 9.78 Å². The number of hydrogen-bond acceptors (Lipinski definition) is 3. The number of carbonyl (C=O) groups is 1. The van der Waals surface area contributed by atoms with Crippen LogP contribution in [-0.4, -0.2) is 15.9 Å². The van der Waals surface area contributed by atoms with E-state index in [1.165, 1.54) is 15.8 Å². The highest BCUT2D eigenvalue weighted by Gasteiger charge is 2.47. The topological polar surface area (TPSA) is 57.8 Å². The fourth-order valence-electron chi connectivity index (χ4n) is 4.88. The van der Waals surface area contributed by atoms with Gasteiger partial charge in [0.15, 0.2) is 0 Å². The smallest absolute Gasteiger partial charge is 0.228 e. The summed E-state index contributed by atoms with van der Waals surface area (Å²) in [5.41, 5.74) is 3.97. The van der Waals surface area contributed by atoms with Gasteiger partial charge in [-0.2, -0.15) is 0 Å². The molecule has 3 atom stereocenters. The van der Waals surface area contributed by atoms with E-state index in [0.717, 1.165) is 28.5 Å². The van der Waals surface area contributed by atoms with E-state index in [4.69, 9.17) is 0 Å². The number of fused-ring (bicyclic) bond motifs is 2. The Bertz CT molecular complexity index is 1380. The molecule has 1 fully saturated rings. The summed E-state index contributed by atoms with van der Waals surface area (Å²) in [4.78, 5) is 22.6. The zero-order valence-electron chi connectivity index (χ0n) is 16.8. The predicted molar refractivity (Wildman–Crippen MR) is 127 cm³/mol. The van der Waals surface area contributed by atoms with Gasteiger partial charge in [-0.15, -0.1) is 11.3 Å². The van der Waals surface area contributed by atoms with Crippen LogP contribution in [0.4, 0.5) is 5.69 Å². The lowest BCUT2D eigenvalue weighted by Crippen LogP contribution is -2.41. The van der Waals surface area contributed by atoms with Crippen LogP contribution in [0.2, 0.25) is 0 Å². The van der Waals surface area contributed by atoms with Crippen molar-refractivity contribution in [3.8, 4) is 0 Å². The summed E-state index contributed by atoms with van der Waals surface area (Å²) in [6, 6.07) is 22.7. The van der Waals surface area contributed by atoms with Crippen LogP contribution in [0.25, 0.3) is 21.8 Å². The van der Waals surface area contributed by atoms with Gasteiger partial charge in [0, 0.05) is 34.1 Å². The van der Waals surface area contributed by atoms with Gasteiger partial charge in [0.05, 0.1) is 17.1 Å². The molecular weight excluding hydrogens is 402 g/mol. The molecule has 0 unspecified atom stereocenters. The second kappa shape index (κ2) is 7.36. The lowest BCUT2D eigenvalue weighted by atomic mass is 9.61.